The minimum atomic E-state index is -0.400. The minimum absolute atomic E-state index is 0.155. The molecule has 0 bridgehead atoms. The van der Waals surface area contributed by atoms with Gasteiger partial charge in [-0.25, -0.2) is 4.39 Å². The van der Waals surface area contributed by atoms with Crippen LogP contribution in [0.5, 0.6) is 0 Å². The number of aryl methyl sites for hydroxylation is 2. The van der Waals surface area contributed by atoms with Gasteiger partial charge in [0.1, 0.15) is 5.82 Å². The minimum Gasteiger partial charge on any atom is -0.381 e. The first-order valence-electron chi connectivity index (χ1n) is 7.69. The molecule has 0 amide bonds. The quantitative estimate of drug-likeness (QED) is 0.904. The van der Waals surface area contributed by atoms with Crippen LogP contribution in [-0.4, -0.2) is 32.5 Å². The summed E-state index contributed by atoms with van der Waals surface area (Å²) in [5.74, 6) is -0.155. The predicted molar refractivity (Wildman–Crippen MR) is 82.1 cm³/mol. The second-order valence-electron chi connectivity index (χ2n) is 5.81. The maximum atomic E-state index is 14.6. The summed E-state index contributed by atoms with van der Waals surface area (Å²) in [6.07, 6.45) is 1.55. The molecule has 1 aromatic carbocycles. The number of benzene rings is 1. The van der Waals surface area contributed by atoms with Gasteiger partial charge in [-0.15, -0.1) is 0 Å². The van der Waals surface area contributed by atoms with Gasteiger partial charge in [0.15, 0.2) is 0 Å². The maximum Gasteiger partial charge on any atom is 0.128 e. The van der Waals surface area contributed by atoms with Gasteiger partial charge in [-0.3, -0.25) is 0 Å². The molecule has 0 saturated carbocycles. The smallest absolute Gasteiger partial charge is 0.128 e. The van der Waals surface area contributed by atoms with Gasteiger partial charge in [0, 0.05) is 38.2 Å². The number of nitrogens with one attached hydrogen (secondary N) is 1. The summed E-state index contributed by atoms with van der Waals surface area (Å²) in [5, 5.41) is 3.29. The molecule has 21 heavy (non-hydrogen) atoms. The van der Waals surface area contributed by atoms with E-state index in [0.717, 1.165) is 29.5 Å². The van der Waals surface area contributed by atoms with Gasteiger partial charge in [0.25, 0.3) is 0 Å². The summed E-state index contributed by atoms with van der Waals surface area (Å²) < 4.78 is 26.2. The molecule has 0 aliphatic carbocycles. The first-order chi connectivity index (χ1) is 10.0. The van der Waals surface area contributed by atoms with Crippen LogP contribution in [0.1, 0.15) is 42.5 Å². The van der Waals surface area contributed by atoms with E-state index in [1.54, 1.807) is 6.07 Å². The summed E-state index contributed by atoms with van der Waals surface area (Å²) >= 11 is 0. The van der Waals surface area contributed by atoms with Crippen molar-refractivity contribution in [3.63, 3.8) is 0 Å². The number of hydrogen-bond donors (Lipinski definition) is 1. The molecule has 0 radical (unpaired) electrons. The lowest BCUT2D eigenvalue weighted by Gasteiger charge is -2.43. The fourth-order valence-corrected chi connectivity index (χ4v) is 3.48. The van der Waals surface area contributed by atoms with Crippen molar-refractivity contribution in [3.05, 3.63) is 34.6 Å². The standard InChI is InChI=1S/C17H26FNO2/c1-5-21-17(6-8-20-9-7-17)16(19-4)15-13(3)10-12(2)11-14(15)18/h10-11,16,19H,5-9H2,1-4H3. The van der Waals surface area contributed by atoms with E-state index in [4.69, 9.17) is 9.47 Å². The monoisotopic (exact) mass is 295 g/mol. The highest BCUT2D eigenvalue weighted by Gasteiger charge is 2.43. The first-order valence-corrected chi connectivity index (χ1v) is 7.69. The Bertz CT molecular complexity index is 455. The van der Waals surface area contributed by atoms with Crippen LogP contribution in [-0.2, 0) is 9.47 Å². The first kappa shape index (κ1) is 16.4. The van der Waals surface area contributed by atoms with Gasteiger partial charge < -0.3 is 14.8 Å². The Balaban J connectivity index is 2.46. The SMILES string of the molecule is CCOC1(C(NC)c2c(C)cc(C)cc2F)CCOCC1. The van der Waals surface area contributed by atoms with E-state index < -0.39 is 5.60 Å². The summed E-state index contributed by atoms with van der Waals surface area (Å²) in [6.45, 7) is 7.80. The number of ether oxygens (including phenoxy) is 2. The molecule has 0 aromatic heterocycles. The van der Waals surface area contributed by atoms with E-state index in [-0.39, 0.29) is 11.9 Å². The molecule has 1 heterocycles. The van der Waals surface area contributed by atoms with Gasteiger partial charge >= 0.3 is 0 Å². The second kappa shape index (κ2) is 6.86. The third-order valence-electron chi connectivity index (χ3n) is 4.36. The van der Waals surface area contributed by atoms with Crippen molar-refractivity contribution in [2.75, 3.05) is 26.9 Å². The number of halogens is 1. The Morgan fingerprint density at radius 3 is 2.52 bits per heavy atom. The second-order valence-corrected chi connectivity index (χ2v) is 5.81. The predicted octanol–water partition coefficient (Wildman–Crippen LogP) is 3.29. The van der Waals surface area contributed by atoms with Crippen LogP contribution in [0.15, 0.2) is 12.1 Å². The number of hydrogen-bond acceptors (Lipinski definition) is 3. The van der Waals surface area contributed by atoms with E-state index in [9.17, 15) is 4.39 Å². The summed E-state index contributed by atoms with van der Waals surface area (Å²) in [7, 11) is 1.87. The average molecular weight is 295 g/mol. The molecular formula is C17H26FNO2. The Hall–Kier alpha value is -0.970. The van der Waals surface area contributed by atoms with Crippen molar-refractivity contribution < 1.29 is 13.9 Å². The van der Waals surface area contributed by atoms with Gasteiger partial charge in [0.2, 0.25) is 0 Å². The van der Waals surface area contributed by atoms with Crippen LogP contribution in [0.3, 0.4) is 0 Å². The average Bonchev–Trinajstić information content (AvgIpc) is 2.43. The van der Waals surface area contributed by atoms with Crippen molar-refractivity contribution >= 4 is 0 Å². The molecule has 1 aromatic rings. The van der Waals surface area contributed by atoms with Crippen LogP contribution in [0, 0.1) is 19.7 Å². The third-order valence-corrected chi connectivity index (χ3v) is 4.36. The molecule has 3 nitrogen and oxygen atoms in total. The highest BCUT2D eigenvalue weighted by molar-refractivity contribution is 5.36. The van der Waals surface area contributed by atoms with Crippen LogP contribution in [0.2, 0.25) is 0 Å². The zero-order chi connectivity index (χ0) is 15.5. The Kier molecular flexibility index (Phi) is 5.36. The molecule has 1 saturated heterocycles. The maximum absolute atomic E-state index is 14.6. The molecule has 1 fully saturated rings. The Labute approximate surface area is 126 Å². The largest absolute Gasteiger partial charge is 0.381 e. The zero-order valence-corrected chi connectivity index (χ0v) is 13.5. The molecule has 0 spiro atoms. The van der Waals surface area contributed by atoms with E-state index in [1.807, 2.05) is 33.9 Å². The third kappa shape index (κ3) is 3.28. The summed E-state index contributed by atoms with van der Waals surface area (Å²) in [6, 6.07) is 3.47. The molecular weight excluding hydrogens is 269 g/mol. The van der Waals surface area contributed by atoms with E-state index in [0.29, 0.717) is 19.8 Å². The molecule has 1 atom stereocenters. The summed E-state index contributed by atoms with van der Waals surface area (Å²) in [5.41, 5.74) is 2.24. The van der Waals surface area contributed by atoms with Crippen molar-refractivity contribution in [1.29, 1.82) is 0 Å². The van der Waals surface area contributed by atoms with Gasteiger partial charge in [-0.2, -0.15) is 0 Å². The van der Waals surface area contributed by atoms with Gasteiger partial charge in [0.05, 0.1) is 11.6 Å². The normalized spacial score (nSPS) is 19.5. The lowest BCUT2D eigenvalue weighted by molar-refractivity contribution is -0.127. The van der Waals surface area contributed by atoms with Gasteiger partial charge in [-0.05, 0) is 45.0 Å². The van der Waals surface area contributed by atoms with Crippen molar-refractivity contribution in [1.82, 2.24) is 5.32 Å². The van der Waals surface area contributed by atoms with Crippen molar-refractivity contribution in [3.8, 4) is 0 Å². The lowest BCUT2D eigenvalue weighted by Crippen LogP contribution is -2.49. The van der Waals surface area contributed by atoms with E-state index in [2.05, 4.69) is 5.32 Å². The molecule has 4 heteroatoms. The lowest BCUT2D eigenvalue weighted by atomic mass is 9.80. The van der Waals surface area contributed by atoms with E-state index in [1.165, 1.54) is 0 Å². The summed E-state index contributed by atoms with van der Waals surface area (Å²) in [4.78, 5) is 0. The highest BCUT2D eigenvalue weighted by Crippen LogP contribution is 2.40. The fraction of sp³-hybridized carbons (Fsp3) is 0.647. The van der Waals surface area contributed by atoms with Gasteiger partial charge in [-0.1, -0.05) is 6.07 Å². The molecule has 1 aliphatic rings. The van der Waals surface area contributed by atoms with Crippen LogP contribution >= 0.6 is 0 Å². The zero-order valence-electron chi connectivity index (χ0n) is 13.5. The molecule has 1 N–H and O–H groups in total. The van der Waals surface area contributed by atoms with Crippen LogP contribution < -0.4 is 5.32 Å². The fourth-order valence-electron chi connectivity index (χ4n) is 3.48. The molecule has 1 unspecified atom stereocenters. The van der Waals surface area contributed by atoms with E-state index >= 15 is 0 Å². The highest BCUT2D eigenvalue weighted by atomic mass is 19.1. The Morgan fingerprint density at radius 1 is 1.33 bits per heavy atom. The molecule has 2 rings (SSSR count). The topological polar surface area (TPSA) is 30.5 Å². The number of likely N-dealkylation sites (N-methyl/N-ethyl adjacent to an activating group) is 1. The van der Waals surface area contributed by atoms with Crippen molar-refractivity contribution in [2.24, 2.45) is 0 Å². The number of rotatable bonds is 5. The molecule has 118 valence electrons. The molecule has 1 aliphatic heterocycles. The van der Waals surface area contributed by atoms with Crippen LogP contribution in [0.4, 0.5) is 4.39 Å². The van der Waals surface area contributed by atoms with Crippen LogP contribution in [0.25, 0.3) is 0 Å². The Morgan fingerprint density at radius 2 is 2.00 bits per heavy atom. The van der Waals surface area contributed by atoms with Crippen molar-refractivity contribution in [2.45, 2.75) is 45.3 Å².